The Morgan fingerprint density at radius 3 is 2.67 bits per heavy atom. The zero-order chi connectivity index (χ0) is 19.3. The molecule has 1 saturated heterocycles. The van der Waals surface area contributed by atoms with Crippen molar-refractivity contribution in [2.24, 2.45) is 0 Å². The van der Waals surface area contributed by atoms with Crippen LogP contribution in [-0.4, -0.2) is 51.5 Å². The molecule has 0 spiro atoms. The first-order chi connectivity index (χ1) is 13.0. The van der Waals surface area contributed by atoms with Crippen LogP contribution in [0.1, 0.15) is 38.7 Å². The van der Waals surface area contributed by atoms with E-state index in [0.717, 1.165) is 50.4 Å². The number of ether oxygens (including phenoxy) is 2. The highest BCUT2D eigenvalue weighted by Gasteiger charge is 2.32. The van der Waals surface area contributed by atoms with E-state index in [-0.39, 0.29) is 6.10 Å². The molecule has 0 saturated carbocycles. The number of likely N-dealkylation sites (tertiary alicyclic amines) is 1. The molecular formula is C21H31N3O3. The molecule has 1 aromatic carbocycles. The quantitative estimate of drug-likeness (QED) is 0.770. The molecule has 1 aromatic heterocycles. The number of aromatic nitrogens is 2. The predicted octanol–water partition coefficient (Wildman–Crippen LogP) is 3.10. The number of piperidine rings is 1. The molecule has 1 aliphatic heterocycles. The zero-order valence-electron chi connectivity index (χ0n) is 16.6. The highest BCUT2D eigenvalue weighted by atomic mass is 16.5. The van der Waals surface area contributed by atoms with Crippen molar-refractivity contribution in [3.8, 4) is 11.5 Å². The minimum Gasteiger partial charge on any atom is -0.493 e. The van der Waals surface area contributed by atoms with Crippen LogP contribution in [0.4, 0.5) is 0 Å². The molecule has 6 heteroatoms. The maximum atomic E-state index is 10.8. The number of hydrogen-bond donors (Lipinski definition) is 1. The second kappa shape index (κ2) is 8.76. The minimum absolute atomic E-state index is 0.167. The van der Waals surface area contributed by atoms with Crippen molar-refractivity contribution in [1.82, 2.24) is 14.5 Å². The van der Waals surface area contributed by atoms with E-state index in [1.165, 1.54) is 5.56 Å². The van der Waals surface area contributed by atoms with Crippen LogP contribution in [0.15, 0.2) is 36.9 Å². The second-order valence-electron chi connectivity index (χ2n) is 7.56. The molecule has 1 N–H and O–H groups in total. The predicted molar refractivity (Wildman–Crippen MR) is 105 cm³/mol. The number of nitrogens with zero attached hydrogens (tertiary/aromatic N) is 3. The monoisotopic (exact) mass is 373 g/mol. The van der Waals surface area contributed by atoms with E-state index in [9.17, 15) is 5.11 Å². The lowest BCUT2D eigenvalue weighted by Crippen LogP contribution is -2.46. The van der Waals surface area contributed by atoms with Crippen molar-refractivity contribution >= 4 is 0 Å². The Kier molecular flexibility index (Phi) is 6.39. The molecule has 1 unspecified atom stereocenters. The summed E-state index contributed by atoms with van der Waals surface area (Å²) in [4.78, 5) is 6.44. The normalized spacial score (nSPS) is 18.2. The number of aliphatic hydroxyl groups is 1. The SMILES string of the molecule is CCC(C)Oc1ccc(CN2CCC(O)(Cn3ccnc3)CC2)cc1OC. The third-order valence-electron chi connectivity index (χ3n) is 5.36. The molecule has 1 fully saturated rings. The molecule has 0 aliphatic carbocycles. The van der Waals surface area contributed by atoms with Crippen molar-refractivity contribution in [2.45, 2.75) is 57.9 Å². The molecule has 0 bridgehead atoms. The van der Waals surface area contributed by atoms with Gasteiger partial charge in [-0.3, -0.25) is 4.90 Å². The zero-order valence-corrected chi connectivity index (χ0v) is 16.6. The molecular weight excluding hydrogens is 342 g/mol. The van der Waals surface area contributed by atoms with Crippen molar-refractivity contribution in [3.05, 3.63) is 42.5 Å². The summed E-state index contributed by atoms with van der Waals surface area (Å²) in [7, 11) is 1.68. The highest BCUT2D eigenvalue weighted by Crippen LogP contribution is 2.31. The summed E-state index contributed by atoms with van der Waals surface area (Å²) in [6.45, 7) is 7.37. The van der Waals surface area contributed by atoms with E-state index in [1.54, 1.807) is 19.6 Å². The van der Waals surface area contributed by atoms with Crippen molar-refractivity contribution in [1.29, 1.82) is 0 Å². The minimum atomic E-state index is -0.650. The van der Waals surface area contributed by atoms with E-state index >= 15 is 0 Å². The molecule has 148 valence electrons. The van der Waals surface area contributed by atoms with Gasteiger partial charge in [-0.25, -0.2) is 4.98 Å². The Morgan fingerprint density at radius 1 is 1.26 bits per heavy atom. The summed E-state index contributed by atoms with van der Waals surface area (Å²) in [5, 5.41) is 10.8. The van der Waals surface area contributed by atoms with Crippen LogP contribution < -0.4 is 9.47 Å². The Bertz CT molecular complexity index is 709. The summed E-state index contributed by atoms with van der Waals surface area (Å²) in [6.07, 6.45) is 8.07. The fraction of sp³-hybridized carbons (Fsp3) is 0.571. The molecule has 6 nitrogen and oxygen atoms in total. The molecule has 2 aromatic rings. The Morgan fingerprint density at radius 2 is 2.04 bits per heavy atom. The van der Waals surface area contributed by atoms with E-state index in [2.05, 4.69) is 35.9 Å². The third-order valence-corrected chi connectivity index (χ3v) is 5.36. The fourth-order valence-electron chi connectivity index (χ4n) is 3.47. The van der Waals surface area contributed by atoms with Crippen LogP contribution in [0.5, 0.6) is 11.5 Å². The average molecular weight is 373 g/mol. The summed E-state index contributed by atoms with van der Waals surface area (Å²) in [6, 6.07) is 6.16. The molecule has 1 atom stereocenters. The lowest BCUT2D eigenvalue weighted by molar-refractivity contribution is -0.0357. The Labute approximate surface area is 161 Å². The van der Waals surface area contributed by atoms with Crippen LogP contribution in [0.3, 0.4) is 0 Å². The standard InChI is InChI=1S/C21H31N3O3/c1-4-17(2)27-19-6-5-18(13-20(19)26-3)14-23-10-7-21(25,8-11-23)15-24-12-9-22-16-24/h5-6,9,12-13,16-17,25H,4,7-8,10-11,14-15H2,1-3H3. The summed E-state index contributed by atoms with van der Waals surface area (Å²) < 4.78 is 13.4. The molecule has 1 aliphatic rings. The van der Waals surface area contributed by atoms with Gasteiger partial charge in [0.1, 0.15) is 0 Å². The molecule has 3 rings (SSSR count). The largest absolute Gasteiger partial charge is 0.493 e. The maximum absolute atomic E-state index is 10.8. The van der Waals surface area contributed by atoms with Crippen molar-refractivity contribution in [3.63, 3.8) is 0 Å². The van der Waals surface area contributed by atoms with Gasteiger partial charge in [0.25, 0.3) is 0 Å². The number of methoxy groups -OCH3 is 1. The molecule has 0 radical (unpaired) electrons. The Balaban J connectivity index is 1.57. The van der Waals surface area contributed by atoms with E-state index in [4.69, 9.17) is 9.47 Å². The van der Waals surface area contributed by atoms with Gasteiger partial charge in [-0.05, 0) is 43.9 Å². The van der Waals surface area contributed by atoms with E-state index in [1.807, 2.05) is 16.8 Å². The van der Waals surface area contributed by atoms with Gasteiger partial charge in [-0.15, -0.1) is 0 Å². The lowest BCUT2D eigenvalue weighted by Gasteiger charge is -2.38. The smallest absolute Gasteiger partial charge is 0.161 e. The number of imidazole rings is 1. The molecule has 27 heavy (non-hydrogen) atoms. The first kappa shape index (κ1) is 19.7. The van der Waals surface area contributed by atoms with Crippen LogP contribution >= 0.6 is 0 Å². The van der Waals surface area contributed by atoms with Gasteiger partial charge in [0.05, 0.1) is 31.7 Å². The number of benzene rings is 1. The van der Waals surface area contributed by atoms with Gasteiger partial charge in [-0.1, -0.05) is 13.0 Å². The van der Waals surface area contributed by atoms with Gasteiger partial charge in [-0.2, -0.15) is 0 Å². The lowest BCUT2D eigenvalue weighted by atomic mass is 9.91. The van der Waals surface area contributed by atoms with Crippen LogP contribution in [0.2, 0.25) is 0 Å². The first-order valence-electron chi connectivity index (χ1n) is 9.75. The van der Waals surface area contributed by atoms with Crippen LogP contribution in [-0.2, 0) is 13.1 Å². The number of hydrogen-bond acceptors (Lipinski definition) is 5. The average Bonchev–Trinajstić information content (AvgIpc) is 3.17. The Hall–Kier alpha value is -2.05. The van der Waals surface area contributed by atoms with Crippen molar-refractivity contribution in [2.75, 3.05) is 20.2 Å². The van der Waals surface area contributed by atoms with Gasteiger partial charge in [0.2, 0.25) is 0 Å². The summed E-state index contributed by atoms with van der Waals surface area (Å²) in [5.74, 6) is 1.57. The fourth-order valence-corrected chi connectivity index (χ4v) is 3.47. The second-order valence-corrected chi connectivity index (χ2v) is 7.56. The number of rotatable bonds is 8. The van der Waals surface area contributed by atoms with Gasteiger partial charge in [0.15, 0.2) is 11.5 Å². The van der Waals surface area contributed by atoms with Gasteiger partial charge < -0.3 is 19.1 Å². The van der Waals surface area contributed by atoms with Crippen LogP contribution in [0, 0.1) is 0 Å². The topological polar surface area (TPSA) is 59.8 Å². The molecule has 0 amide bonds. The summed E-state index contributed by atoms with van der Waals surface area (Å²) >= 11 is 0. The molecule has 2 heterocycles. The third kappa shape index (κ3) is 5.23. The first-order valence-corrected chi connectivity index (χ1v) is 9.75. The van der Waals surface area contributed by atoms with E-state index in [0.29, 0.717) is 6.54 Å². The van der Waals surface area contributed by atoms with E-state index < -0.39 is 5.60 Å². The van der Waals surface area contributed by atoms with Gasteiger partial charge >= 0.3 is 0 Å². The summed E-state index contributed by atoms with van der Waals surface area (Å²) in [5.41, 5.74) is 0.548. The van der Waals surface area contributed by atoms with Crippen LogP contribution in [0.25, 0.3) is 0 Å². The van der Waals surface area contributed by atoms with Crippen molar-refractivity contribution < 1.29 is 14.6 Å². The van der Waals surface area contributed by atoms with Gasteiger partial charge in [0, 0.05) is 32.0 Å². The maximum Gasteiger partial charge on any atom is 0.161 e. The highest BCUT2D eigenvalue weighted by molar-refractivity contribution is 5.43.